The van der Waals surface area contributed by atoms with Crippen molar-refractivity contribution in [2.45, 2.75) is 6.92 Å². The van der Waals surface area contributed by atoms with Crippen molar-refractivity contribution >= 4 is 5.97 Å². The Bertz CT molecular complexity index is 774. The zero-order chi connectivity index (χ0) is 14.8. The third-order valence-corrected chi connectivity index (χ3v) is 3.35. The molecule has 3 rings (SSSR count). The number of aryl methyl sites for hydroxylation is 1. The Balaban J connectivity index is 1.94. The lowest BCUT2D eigenvalue weighted by Gasteiger charge is -2.02. The summed E-state index contributed by atoms with van der Waals surface area (Å²) in [7, 11) is 0. The Morgan fingerprint density at radius 1 is 0.952 bits per heavy atom. The van der Waals surface area contributed by atoms with Crippen molar-refractivity contribution in [3.05, 3.63) is 66.0 Å². The molecule has 2 N–H and O–H groups in total. The van der Waals surface area contributed by atoms with Crippen LogP contribution in [-0.4, -0.2) is 21.0 Å². The molecular formula is C17H14N2O2. The van der Waals surface area contributed by atoms with Gasteiger partial charge in [0.2, 0.25) is 0 Å². The molecule has 21 heavy (non-hydrogen) atoms. The maximum absolute atomic E-state index is 11.0. The van der Waals surface area contributed by atoms with Crippen LogP contribution < -0.4 is 0 Å². The Morgan fingerprint density at radius 3 is 2.10 bits per heavy atom. The molecular weight excluding hydrogens is 264 g/mol. The van der Waals surface area contributed by atoms with E-state index < -0.39 is 5.97 Å². The summed E-state index contributed by atoms with van der Waals surface area (Å²) in [5, 5.41) is 9.04. The number of aromatic nitrogens is 2. The molecule has 0 radical (unpaired) electrons. The van der Waals surface area contributed by atoms with E-state index in [4.69, 9.17) is 5.11 Å². The van der Waals surface area contributed by atoms with Crippen LogP contribution in [0.1, 0.15) is 16.2 Å². The van der Waals surface area contributed by atoms with Gasteiger partial charge < -0.3 is 10.1 Å². The second-order valence-corrected chi connectivity index (χ2v) is 4.81. The van der Waals surface area contributed by atoms with Crippen LogP contribution in [0.3, 0.4) is 0 Å². The minimum absolute atomic E-state index is 0.0668. The number of nitrogens with zero attached hydrogens (tertiary/aromatic N) is 1. The summed E-state index contributed by atoms with van der Waals surface area (Å²) in [5.41, 5.74) is 3.75. The average molecular weight is 278 g/mol. The number of carboxylic acids is 1. The number of rotatable bonds is 3. The van der Waals surface area contributed by atoms with Gasteiger partial charge in [0.1, 0.15) is 5.82 Å². The van der Waals surface area contributed by atoms with Gasteiger partial charge in [-0.2, -0.15) is 0 Å². The number of hydrogen-bond donors (Lipinski definition) is 2. The van der Waals surface area contributed by atoms with Crippen molar-refractivity contribution in [1.29, 1.82) is 0 Å². The van der Waals surface area contributed by atoms with Crippen LogP contribution in [0.5, 0.6) is 0 Å². The second kappa shape index (κ2) is 5.25. The molecule has 0 aliphatic heterocycles. The van der Waals surface area contributed by atoms with Crippen molar-refractivity contribution in [1.82, 2.24) is 9.97 Å². The Morgan fingerprint density at radius 2 is 1.52 bits per heavy atom. The molecule has 0 atom stereocenters. The van der Waals surface area contributed by atoms with Gasteiger partial charge in [-0.05, 0) is 18.1 Å². The number of H-pyrrole nitrogens is 1. The molecule has 0 aliphatic carbocycles. The molecule has 3 aromatic rings. The fourth-order valence-electron chi connectivity index (χ4n) is 2.26. The van der Waals surface area contributed by atoms with Crippen LogP contribution in [0.4, 0.5) is 0 Å². The highest BCUT2D eigenvalue weighted by Gasteiger charge is 2.14. The van der Waals surface area contributed by atoms with Gasteiger partial charge in [0.15, 0.2) is 5.69 Å². The predicted octanol–water partition coefficient (Wildman–Crippen LogP) is 3.75. The lowest BCUT2D eigenvalue weighted by molar-refractivity contribution is 0.0690. The van der Waals surface area contributed by atoms with Gasteiger partial charge in [-0.25, -0.2) is 9.78 Å². The van der Waals surface area contributed by atoms with E-state index in [1.807, 2.05) is 42.5 Å². The van der Waals surface area contributed by atoms with Crippen LogP contribution in [0.15, 0.2) is 54.6 Å². The number of imidazole rings is 1. The van der Waals surface area contributed by atoms with Gasteiger partial charge in [-0.3, -0.25) is 0 Å². The van der Waals surface area contributed by atoms with Gasteiger partial charge in [0, 0.05) is 11.3 Å². The highest BCUT2D eigenvalue weighted by molar-refractivity contribution is 5.87. The highest BCUT2D eigenvalue weighted by atomic mass is 16.4. The normalized spacial score (nSPS) is 10.5. The second-order valence-electron chi connectivity index (χ2n) is 4.81. The van der Waals surface area contributed by atoms with Crippen molar-refractivity contribution in [2.24, 2.45) is 0 Å². The van der Waals surface area contributed by atoms with Crippen molar-refractivity contribution in [2.75, 3.05) is 0 Å². The number of nitrogens with one attached hydrogen (secondary N) is 1. The van der Waals surface area contributed by atoms with Crippen LogP contribution in [0.2, 0.25) is 0 Å². The summed E-state index contributed by atoms with van der Waals surface area (Å²) in [6.45, 7) is 1.71. The largest absolute Gasteiger partial charge is 0.476 e. The zero-order valence-electron chi connectivity index (χ0n) is 11.5. The molecule has 4 heteroatoms. The first-order valence-corrected chi connectivity index (χ1v) is 6.61. The molecule has 4 nitrogen and oxygen atoms in total. The molecule has 0 fully saturated rings. The van der Waals surface area contributed by atoms with E-state index in [0.29, 0.717) is 11.5 Å². The number of hydrogen-bond acceptors (Lipinski definition) is 2. The lowest BCUT2D eigenvalue weighted by atomic mass is 10.0. The Labute approximate surface area is 122 Å². The molecule has 1 heterocycles. The number of aromatic carboxylic acids is 1. The SMILES string of the molecule is Cc1[nH]c(-c2ccc(-c3ccccc3)cc2)nc1C(=O)O. The van der Waals surface area contributed by atoms with Crippen LogP contribution >= 0.6 is 0 Å². The molecule has 1 aromatic heterocycles. The van der Waals surface area contributed by atoms with E-state index in [1.165, 1.54) is 0 Å². The van der Waals surface area contributed by atoms with Gasteiger partial charge in [0.05, 0.1) is 0 Å². The first-order valence-electron chi connectivity index (χ1n) is 6.61. The first kappa shape index (κ1) is 13.1. The van der Waals surface area contributed by atoms with Gasteiger partial charge in [-0.1, -0.05) is 54.6 Å². The van der Waals surface area contributed by atoms with Crippen LogP contribution in [0, 0.1) is 6.92 Å². The maximum atomic E-state index is 11.0. The summed E-state index contributed by atoms with van der Waals surface area (Å²) in [6, 6.07) is 18.0. The van der Waals surface area contributed by atoms with Crippen molar-refractivity contribution < 1.29 is 9.90 Å². The molecule has 0 unspecified atom stereocenters. The van der Waals surface area contributed by atoms with Crippen LogP contribution in [0.25, 0.3) is 22.5 Å². The molecule has 0 amide bonds. The van der Waals surface area contributed by atoms with E-state index >= 15 is 0 Å². The topological polar surface area (TPSA) is 66.0 Å². The summed E-state index contributed by atoms with van der Waals surface area (Å²) in [6.07, 6.45) is 0. The number of carboxylic acid groups (broad SMARTS) is 1. The highest BCUT2D eigenvalue weighted by Crippen LogP contribution is 2.23. The molecule has 0 saturated heterocycles. The third kappa shape index (κ3) is 2.56. The van der Waals surface area contributed by atoms with Crippen LogP contribution in [-0.2, 0) is 0 Å². The minimum Gasteiger partial charge on any atom is -0.476 e. The molecule has 104 valence electrons. The molecule has 0 bridgehead atoms. The average Bonchev–Trinajstić information content (AvgIpc) is 2.90. The van der Waals surface area contributed by atoms with Crippen molar-refractivity contribution in [3.8, 4) is 22.5 Å². The third-order valence-electron chi connectivity index (χ3n) is 3.35. The molecule has 0 saturated carbocycles. The van der Waals surface area contributed by atoms with E-state index in [1.54, 1.807) is 6.92 Å². The standard InChI is InChI=1S/C17H14N2O2/c1-11-15(17(20)21)19-16(18-11)14-9-7-13(8-10-14)12-5-3-2-4-6-12/h2-10H,1H3,(H,18,19)(H,20,21). The quantitative estimate of drug-likeness (QED) is 0.766. The zero-order valence-corrected chi connectivity index (χ0v) is 11.5. The fraction of sp³-hybridized carbons (Fsp3) is 0.0588. The summed E-state index contributed by atoms with van der Waals surface area (Å²) in [4.78, 5) is 18.2. The summed E-state index contributed by atoms with van der Waals surface area (Å²) >= 11 is 0. The number of aromatic amines is 1. The van der Waals surface area contributed by atoms with Gasteiger partial charge in [0.25, 0.3) is 0 Å². The minimum atomic E-state index is -1.02. The molecule has 2 aromatic carbocycles. The molecule has 0 aliphatic rings. The Kier molecular flexibility index (Phi) is 3.28. The number of carbonyl (C=O) groups is 1. The van der Waals surface area contributed by atoms with E-state index in [2.05, 4.69) is 22.1 Å². The summed E-state index contributed by atoms with van der Waals surface area (Å²) < 4.78 is 0. The number of benzene rings is 2. The van der Waals surface area contributed by atoms with Crippen molar-refractivity contribution in [3.63, 3.8) is 0 Å². The monoisotopic (exact) mass is 278 g/mol. The first-order chi connectivity index (χ1) is 10.1. The lowest BCUT2D eigenvalue weighted by Crippen LogP contribution is -1.98. The van der Waals surface area contributed by atoms with E-state index in [-0.39, 0.29) is 5.69 Å². The summed E-state index contributed by atoms with van der Waals surface area (Å²) in [5.74, 6) is -0.444. The molecule has 0 spiro atoms. The maximum Gasteiger partial charge on any atom is 0.356 e. The predicted molar refractivity (Wildman–Crippen MR) is 81.2 cm³/mol. The van der Waals surface area contributed by atoms with Gasteiger partial charge in [-0.15, -0.1) is 0 Å². The van der Waals surface area contributed by atoms with E-state index in [0.717, 1.165) is 16.7 Å². The fourth-order valence-corrected chi connectivity index (χ4v) is 2.26. The van der Waals surface area contributed by atoms with Gasteiger partial charge >= 0.3 is 5.97 Å². The van der Waals surface area contributed by atoms with E-state index in [9.17, 15) is 4.79 Å². The Hall–Kier alpha value is -2.88. The smallest absolute Gasteiger partial charge is 0.356 e.